The number of carbonyl (C=O) groups excluding carboxylic acids is 1. The van der Waals surface area contributed by atoms with Crippen molar-refractivity contribution in [2.45, 2.75) is 81.9 Å². The van der Waals surface area contributed by atoms with Crippen molar-refractivity contribution in [1.29, 1.82) is 0 Å². The molecule has 3 atom stereocenters. The van der Waals surface area contributed by atoms with Gasteiger partial charge in [-0.05, 0) is 55.8 Å². The van der Waals surface area contributed by atoms with E-state index in [1.54, 1.807) is 0 Å². The number of halogens is 1. The van der Waals surface area contributed by atoms with Crippen molar-refractivity contribution in [3.8, 4) is 0 Å². The summed E-state index contributed by atoms with van der Waals surface area (Å²) in [6.45, 7) is 0. The highest BCUT2D eigenvalue weighted by Gasteiger charge is 2.72. The third-order valence-corrected chi connectivity index (χ3v) is 8.77. The Morgan fingerprint density at radius 1 is 0.895 bits per heavy atom. The molecule has 4 saturated carbocycles. The topological polar surface area (TPSA) is 17.1 Å². The number of ketones is 1. The molecule has 2 heteroatoms. The zero-order valence-electron chi connectivity index (χ0n) is 11.8. The molecule has 0 aromatic heterocycles. The van der Waals surface area contributed by atoms with E-state index in [0.717, 1.165) is 6.42 Å². The van der Waals surface area contributed by atoms with Crippen LogP contribution in [0.2, 0.25) is 0 Å². The van der Waals surface area contributed by atoms with Crippen molar-refractivity contribution < 1.29 is 4.79 Å². The highest BCUT2D eigenvalue weighted by molar-refractivity contribution is 9.09. The lowest BCUT2D eigenvalue weighted by Gasteiger charge is -2.52. The molecule has 0 amide bonds. The van der Waals surface area contributed by atoms with Crippen molar-refractivity contribution in [2.24, 2.45) is 16.2 Å². The molecule has 0 radical (unpaired) electrons. The smallest absolute Gasteiger partial charge is 0.140 e. The van der Waals surface area contributed by atoms with Gasteiger partial charge in [-0.15, -0.1) is 0 Å². The Labute approximate surface area is 125 Å². The molecule has 1 nitrogen and oxygen atoms in total. The third kappa shape index (κ3) is 1.31. The van der Waals surface area contributed by atoms with Gasteiger partial charge in [-0.25, -0.2) is 0 Å². The molecule has 3 spiro atoms. The summed E-state index contributed by atoms with van der Waals surface area (Å²) in [6, 6.07) is 0. The first kappa shape index (κ1) is 12.9. The molecule has 19 heavy (non-hydrogen) atoms. The van der Waals surface area contributed by atoms with Crippen molar-refractivity contribution in [3.63, 3.8) is 0 Å². The highest BCUT2D eigenvalue weighted by atomic mass is 79.9. The molecular formula is C17H25BrO. The van der Waals surface area contributed by atoms with E-state index in [1.807, 2.05) is 0 Å². The lowest BCUT2D eigenvalue weighted by molar-refractivity contribution is -0.134. The molecule has 4 aliphatic carbocycles. The van der Waals surface area contributed by atoms with Crippen LogP contribution in [-0.4, -0.2) is 10.6 Å². The summed E-state index contributed by atoms with van der Waals surface area (Å²) < 4.78 is 0. The zero-order valence-corrected chi connectivity index (χ0v) is 13.4. The Morgan fingerprint density at radius 3 is 2.32 bits per heavy atom. The first-order valence-corrected chi connectivity index (χ1v) is 9.26. The van der Waals surface area contributed by atoms with E-state index < -0.39 is 0 Å². The summed E-state index contributed by atoms with van der Waals surface area (Å²) in [6.07, 6.45) is 15.6. The van der Waals surface area contributed by atoms with Crippen LogP contribution in [0.1, 0.15) is 77.0 Å². The molecule has 0 unspecified atom stereocenters. The average Bonchev–Trinajstić information content (AvgIpc) is 3.13. The Balaban J connectivity index is 1.86. The van der Waals surface area contributed by atoms with Crippen LogP contribution < -0.4 is 0 Å². The Bertz CT molecular complexity index is 406. The SMILES string of the molecule is O=C1CC[C@@]2(CCCC23CCCC3)[C@]12CCC[C@@H]2Br. The zero-order chi connectivity index (χ0) is 13.1. The summed E-state index contributed by atoms with van der Waals surface area (Å²) in [4.78, 5) is 13.4. The molecule has 4 fully saturated rings. The van der Waals surface area contributed by atoms with Crippen LogP contribution in [0.25, 0.3) is 0 Å². The van der Waals surface area contributed by atoms with E-state index in [9.17, 15) is 4.79 Å². The van der Waals surface area contributed by atoms with Gasteiger partial charge in [0.25, 0.3) is 0 Å². The van der Waals surface area contributed by atoms with Crippen LogP contribution in [0.15, 0.2) is 0 Å². The summed E-state index contributed by atoms with van der Waals surface area (Å²) in [7, 11) is 0. The summed E-state index contributed by atoms with van der Waals surface area (Å²) in [5.41, 5.74) is 0.974. The van der Waals surface area contributed by atoms with E-state index in [4.69, 9.17) is 0 Å². The first-order valence-electron chi connectivity index (χ1n) is 8.34. The van der Waals surface area contributed by atoms with Crippen molar-refractivity contribution in [1.82, 2.24) is 0 Å². The minimum Gasteiger partial charge on any atom is -0.299 e. The fourth-order valence-corrected chi connectivity index (χ4v) is 8.20. The number of carbonyl (C=O) groups is 1. The highest BCUT2D eigenvalue weighted by Crippen LogP contribution is 2.76. The van der Waals surface area contributed by atoms with Crippen LogP contribution in [-0.2, 0) is 4.79 Å². The van der Waals surface area contributed by atoms with Gasteiger partial charge in [0, 0.05) is 16.7 Å². The molecule has 0 saturated heterocycles. The van der Waals surface area contributed by atoms with Gasteiger partial charge in [0.05, 0.1) is 0 Å². The van der Waals surface area contributed by atoms with Crippen molar-refractivity contribution in [3.05, 3.63) is 0 Å². The second kappa shape index (κ2) is 4.08. The summed E-state index contributed by atoms with van der Waals surface area (Å²) in [5.74, 6) is 0.625. The van der Waals surface area contributed by atoms with E-state index in [2.05, 4.69) is 15.9 Å². The van der Waals surface area contributed by atoms with Gasteiger partial charge in [-0.3, -0.25) is 4.79 Å². The van der Waals surface area contributed by atoms with Crippen molar-refractivity contribution in [2.75, 3.05) is 0 Å². The van der Waals surface area contributed by atoms with E-state index in [0.29, 0.717) is 21.4 Å². The summed E-state index contributed by atoms with van der Waals surface area (Å²) in [5, 5.41) is 0. The van der Waals surface area contributed by atoms with E-state index in [1.165, 1.54) is 70.6 Å². The number of fused-ring (bicyclic) bond motifs is 2. The van der Waals surface area contributed by atoms with E-state index in [-0.39, 0.29) is 5.41 Å². The molecule has 0 aromatic rings. The summed E-state index contributed by atoms with van der Waals surface area (Å²) >= 11 is 3.96. The number of rotatable bonds is 0. The first-order chi connectivity index (χ1) is 9.17. The third-order valence-electron chi connectivity index (χ3n) is 7.53. The average molecular weight is 325 g/mol. The van der Waals surface area contributed by atoms with Crippen molar-refractivity contribution >= 4 is 21.7 Å². The van der Waals surface area contributed by atoms with E-state index >= 15 is 0 Å². The standard InChI is InChI=1S/C17H25BrO/c18-13-5-3-11-17(13)14(19)6-12-16(17)10-4-9-15(16)7-1-2-8-15/h13H,1-12H2/t13-,16+,17-/m0/s1. The fourth-order valence-electron chi connectivity index (χ4n) is 6.96. The molecule has 0 bridgehead atoms. The molecule has 0 heterocycles. The maximum atomic E-state index is 12.9. The van der Waals surface area contributed by atoms with Gasteiger partial charge < -0.3 is 0 Å². The second-order valence-electron chi connectivity index (χ2n) is 7.68. The normalized spacial score (nSPS) is 48.3. The predicted octanol–water partition coefficient (Wildman–Crippen LogP) is 5.01. The molecule has 4 rings (SSSR count). The van der Waals surface area contributed by atoms with Gasteiger partial charge in [-0.2, -0.15) is 0 Å². The van der Waals surface area contributed by atoms with Gasteiger partial charge in [0.15, 0.2) is 0 Å². The van der Waals surface area contributed by atoms with Gasteiger partial charge in [0.1, 0.15) is 5.78 Å². The number of Topliss-reactive ketones (excluding diaryl/α,β-unsaturated/α-hetero) is 1. The van der Waals surface area contributed by atoms with Crippen LogP contribution in [0.3, 0.4) is 0 Å². The molecule has 0 aromatic carbocycles. The lowest BCUT2D eigenvalue weighted by atomic mass is 9.52. The lowest BCUT2D eigenvalue weighted by Crippen LogP contribution is -2.51. The molecular weight excluding hydrogens is 300 g/mol. The minimum absolute atomic E-state index is 0.0356. The maximum Gasteiger partial charge on any atom is 0.140 e. The molecule has 4 aliphatic rings. The quantitative estimate of drug-likeness (QED) is 0.572. The van der Waals surface area contributed by atoms with Gasteiger partial charge >= 0.3 is 0 Å². The number of hydrogen-bond acceptors (Lipinski definition) is 1. The molecule has 0 N–H and O–H groups in total. The predicted molar refractivity (Wildman–Crippen MR) is 80.4 cm³/mol. The van der Waals surface area contributed by atoms with Gasteiger partial charge in [-0.1, -0.05) is 41.6 Å². The molecule has 0 aliphatic heterocycles. The fraction of sp³-hybridized carbons (Fsp3) is 0.941. The largest absolute Gasteiger partial charge is 0.299 e. The second-order valence-corrected chi connectivity index (χ2v) is 8.78. The maximum absolute atomic E-state index is 12.9. The van der Waals surface area contributed by atoms with Crippen LogP contribution in [0.5, 0.6) is 0 Å². The number of hydrogen-bond donors (Lipinski definition) is 0. The monoisotopic (exact) mass is 324 g/mol. The minimum atomic E-state index is 0.0356. The van der Waals surface area contributed by atoms with Gasteiger partial charge in [0.2, 0.25) is 0 Å². The Hall–Kier alpha value is 0.150. The van der Waals surface area contributed by atoms with Crippen LogP contribution >= 0.6 is 15.9 Å². The Morgan fingerprint density at radius 2 is 1.63 bits per heavy atom. The molecule has 106 valence electrons. The Kier molecular flexibility index (Phi) is 2.76. The van der Waals surface area contributed by atoms with Crippen LogP contribution in [0, 0.1) is 16.2 Å². The van der Waals surface area contributed by atoms with Crippen LogP contribution in [0.4, 0.5) is 0 Å². The number of alkyl halides is 1.